The molecule has 1 saturated heterocycles. The zero-order valence-electron chi connectivity index (χ0n) is 9.61. The van der Waals surface area contributed by atoms with E-state index in [0.29, 0.717) is 19.4 Å². The number of hydrogen-bond donors (Lipinski definition) is 1. The van der Waals surface area contributed by atoms with Crippen LogP contribution in [0.2, 0.25) is 0 Å². The Labute approximate surface area is 105 Å². The SMILES string of the molecule is O=C(O)[C@@]12C[C@H]1CCN2S(=O)(=O)c1ccccc1. The van der Waals surface area contributed by atoms with E-state index >= 15 is 0 Å². The second-order valence-electron chi connectivity index (χ2n) is 4.81. The molecule has 0 aromatic heterocycles. The first kappa shape index (κ1) is 11.7. The average Bonchev–Trinajstić information content (AvgIpc) is 2.96. The van der Waals surface area contributed by atoms with Gasteiger partial charge in [0.2, 0.25) is 10.0 Å². The summed E-state index contributed by atoms with van der Waals surface area (Å²) < 4.78 is 26.1. The van der Waals surface area contributed by atoms with Crippen molar-refractivity contribution < 1.29 is 18.3 Å². The summed E-state index contributed by atoms with van der Waals surface area (Å²) in [6.45, 7) is 0.300. The van der Waals surface area contributed by atoms with Crippen LogP contribution in [0, 0.1) is 5.92 Å². The number of fused-ring (bicyclic) bond motifs is 1. The molecule has 0 amide bonds. The Morgan fingerprint density at radius 2 is 2.00 bits per heavy atom. The van der Waals surface area contributed by atoms with Crippen LogP contribution in [0.1, 0.15) is 12.8 Å². The number of sulfonamides is 1. The minimum absolute atomic E-state index is 0.0199. The molecule has 2 aliphatic rings. The lowest BCUT2D eigenvalue weighted by atomic mass is 10.2. The number of benzene rings is 1. The molecule has 0 unspecified atom stereocenters. The highest BCUT2D eigenvalue weighted by atomic mass is 32.2. The first-order valence-electron chi connectivity index (χ1n) is 5.81. The number of aliphatic carboxylic acids is 1. The van der Waals surface area contributed by atoms with Crippen LogP contribution in [0.25, 0.3) is 0 Å². The van der Waals surface area contributed by atoms with Crippen LogP contribution in [-0.2, 0) is 14.8 Å². The largest absolute Gasteiger partial charge is 0.480 e. The Morgan fingerprint density at radius 3 is 2.56 bits per heavy atom. The molecule has 5 nitrogen and oxygen atoms in total. The highest BCUT2D eigenvalue weighted by Gasteiger charge is 2.70. The van der Waals surface area contributed by atoms with Gasteiger partial charge in [-0.15, -0.1) is 0 Å². The van der Waals surface area contributed by atoms with E-state index in [0.717, 1.165) is 0 Å². The van der Waals surface area contributed by atoms with Crippen molar-refractivity contribution >= 4 is 16.0 Å². The van der Waals surface area contributed by atoms with Crippen molar-refractivity contribution in [3.8, 4) is 0 Å². The molecule has 1 saturated carbocycles. The first-order valence-corrected chi connectivity index (χ1v) is 7.25. The molecule has 0 bridgehead atoms. The van der Waals surface area contributed by atoms with Gasteiger partial charge in [0.15, 0.2) is 0 Å². The lowest BCUT2D eigenvalue weighted by Crippen LogP contribution is -2.45. The van der Waals surface area contributed by atoms with Gasteiger partial charge in [0.25, 0.3) is 0 Å². The van der Waals surface area contributed by atoms with Crippen molar-refractivity contribution in [1.29, 1.82) is 0 Å². The minimum atomic E-state index is -3.70. The van der Waals surface area contributed by atoms with E-state index in [1.165, 1.54) is 16.4 Å². The van der Waals surface area contributed by atoms with E-state index < -0.39 is 21.5 Å². The molecule has 3 rings (SSSR count). The monoisotopic (exact) mass is 267 g/mol. The Bertz CT molecular complexity index is 598. The summed E-state index contributed by atoms with van der Waals surface area (Å²) in [4.78, 5) is 11.5. The van der Waals surface area contributed by atoms with Crippen LogP contribution in [-0.4, -0.2) is 35.9 Å². The Hall–Kier alpha value is -1.40. The molecule has 0 radical (unpaired) electrons. The number of rotatable bonds is 3. The molecule has 18 heavy (non-hydrogen) atoms. The van der Waals surface area contributed by atoms with Gasteiger partial charge in [0.05, 0.1) is 4.90 Å². The third-order valence-corrected chi connectivity index (χ3v) is 5.86. The molecule has 6 heteroatoms. The molecular weight excluding hydrogens is 254 g/mol. The summed E-state index contributed by atoms with van der Waals surface area (Å²) in [5.41, 5.74) is -1.17. The average molecular weight is 267 g/mol. The predicted molar refractivity (Wildman–Crippen MR) is 63.4 cm³/mol. The maximum Gasteiger partial charge on any atom is 0.325 e. The summed E-state index contributed by atoms with van der Waals surface area (Å²) in [6, 6.07) is 8.01. The van der Waals surface area contributed by atoms with E-state index in [-0.39, 0.29) is 10.8 Å². The van der Waals surface area contributed by atoms with Gasteiger partial charge in [0, 0.05) is 6.54 Å². The van der Waals surface area contributed by atoms with Crippen molar-refractivity contribution in [3.63, 3.8) is 0 Å². The number of carboxylic acids is 1. The van der Waals surface area contributed by atoms with E-state index in [1.807, 2.05) is 0 Å². The summed E-state index contributed by atoms with van der Waals surface area (Å²) in [7, 11) is -3.70. The van der Waals surface area contributed by atoms with Crippen LogP contribution in [0.4, 0.5) is 0 Å². The van der Waals surface area contributed by atoms with E-state index in [1.54, 1.807) is 18.2 Å². The molecule has 1 N–H and O–H groups in total. The maximum absolute atomic E-state index is 12.4. The van der Waals surface area contributed by atoms with Gasteiger partial charge in [-0.2, -0.15) is 4.31 Å². The second kappa shape index (κ2) is 3.55. The van der Waals surface area contributed by atoms with E-state index in [4.69, 9.17) is 0 Å². The topological polar surface area (TPSA) is 74.7 Å². The molecule has 96 valence electrons. The highest BCUT2D eigenvalue weighted by Crippen LogP contribution is 2.57. The predicted octanol–water partition coefficient (Wildman–Crippen LogP) is 0.924. The molecule has 2 fully saturated rings. The molecule has 1 aliphatic heterocycles. The van der Waals surface area contributed by atoms with Gasteiger partial charge < -0.3 is 5.11 Å². The lowest BCUT2D eigenvalue weighted by Gasteiger charge is -2.24. The molecule has 1 aromatic rings. The molecule has 1 aromatic carbocycles. The third-order valence-electron chi connectivity index (χ3n) is 3.90. The summed E-state index contributed by atoms with van der Waals surface area (Å²) in [6.07, 6.45) is 1.08. The standard InChI is InChI=1S/C12H13NO4S/c14-11(15)12-8-9(12)6-7-13(12)18(16,17)10-4-2-1-3-5-10/h1-5,9H,6-8H2,(H,14,15)/t9-,12-/m1/s1. The van der Waals surface area contributed by atoms with E-state index in [2.05, 4.69) is 0 Å². The van der Waals surface area contributed by atoms with Gasteiger partial charge >= 0.3 is 5.97 Å². The van der Waals surface area contributed by atoms with Crippen LogP contribution in [0.15, 0.2) is 35.2 Å². The number of piperidine rings is 1. The Balaban J connectivity index is 2.04. The van der Waals surface area contributed by atoms with Crippen LogP contribution in [0.5, 0.6) is 0 Å². The van der Waals surface area contributed by atoms with Crippen molar-refractivity contribution in [1.82, 2.24) is 4.31 Å². The second-order valence-corrected chi connectivity index (χ2v) is 6.67. The summed E-state index contributed by atoms with van der Waals surface area (Å²) in [5, 5.41) is 9.29. The van der Waals surface area contributed by atoms with Crippen LogP contribution < -0.4 is 0 Å². The van der Waals surface area contributed by atoms with Gasteiger partial charge in [-0.25, -0.2) is 8.42 Å². The number of carboxylic acid groups (broad SMARTS) is 1. The highest BCUT2D eigenvalue weighted by molar-refractivity contribution is 7.89. The van der Waals surface area contributed by atoms with Crippen molar-refractivity contribution in [2.45, 2.75) is 23.3 Å². The fraction of sp³-hybridized carbons (Fsp3) is 0.417. The number of hydrogen-bond acceptors (Lipinski definition) is 3. The lowest BCUT2D eigenvalue weighted by molar-refractivity contribution is -0.142. The molecule has 0 spiro atoms. The van der Waals surface area contributed by atoms with Gasteiger partial charge in [-0.3, -0.25) is 4.79 Å². The van der Waals surface area contributed by atoms with E-state index in [9.17, 15) is 18.3 Å². The quantitative estimate of drug-likeness (QED) is 0.883. The Kier molecular flexibility index (Phi) is 2.30. The zero-order valence-corrected chi connectivity index (χ0v) is 10.4. The fourth-order valence-electron chi connectivity index (χ4n) is 2.86. The zero-order chi connectivity index (χ0) is 13.0. The molecule has 2 atom stereocenters. The summed E-state index contributed by atoms with van der Waals surface area (Å²) in [5.74, 6) is -1.04. The van der Waals surface area contributed by atoms with Crippen molar-refractivity contribution in [3.05, 3.63) is 30.3 Å². The first-order chi connectivity index (χ1) is 8.49. The molecule has 1 heterocycles. The normalized spacial score (nSPS) is 31.0. The molecule has 1 aliphatic carbocycles. The number of carbonyl (C=O) groups is 1. The smallest absolute Gasteiger partial charge is 0.325 e. The van der Waals surface area contributed by atoms with Crippen molar-refractivity contribution in [2.75, 3.05) is 6.54 Å². The molecular formula is C12H13NO4S. The fourth-order valence-corrected chi connectivity index (χ4v) is 4.69. The van der Waals surface area contributed by atoms with Gasteiger partial charge in [-0.05, 0) is 30.9 Å². The number of nitrogens with zero attached hydrogens (tertiary/aromatic N) is 1. The van der Waals surface area contributed by atoms with Gasteiger partial charge in [-0.1, -0.05) is 18.2 Å². The third kappa shape index (κ3) is 1.36. The minimum Gasteiger partial charge on any atom is -0.480 e. The van der Waals surface area contributed by atoms with Gasteiger partial charge in [0.1, 0.15) is 5.54 Å². The van der Waals surface area contributed by atoms with Crippen molar-refractivity contribution in [2.24, 2.45) is 5.92 Å². The summed E-state index contributed by atoms with van der Waals surface area (Å²) >= 11 is 0. The maximum atomic E-state index is 12.4. The Morgan fingerprint density at radius 1 is 1.33 bits per heavy atom. The van der Waals surface area contributed by atoms with Crippen LogP contribution in [0.3, 0.4) is 0 Å². The van der Waals surface area contributed by atoms with Crippen LogP contribution >= 0.6 is 0 Å².